The van der Waals surface area contributed by atoms with Crippen molar-refractivity contribution in [1.82, 2.24) is 25.1 Å². The van der Waals surface area contributed by atoms with Crippen LogP contribution in [0.4, 0.5) is 21.8 Å². The maximum Gasteiger partial charge on any atom is 0.326 e. The summed E-state index contributed by atoms with van der Waals surface area (Å²) in [6.45, 7) is 4.32. The molecule has 1 aliphatic heterocycles. The number of aromatic amines is 2. The van der Waals surface area contributed by atoms with Gasteiger partial charge in [0.05, 0.1) is 17.2 Å². The highest BCUT2D eigenvalue weighted by Crippen LogP contribution is 2.31. The SMILES string of the molecule is C/C=C/c1cc(Nc2cc(N3CCS(=O)(=O)CC3)nc(Oc3ccc4[nH]c(C)cc4c3F)n2)n[nH]1. The van der Waals surface area contributed by atoms with Gasteiger partial charge in [0.2, 0.25) is 0 Å². The number of anilines is 3. The second-order valence-corrected chi connectivity index (χ2v) is 10.6. The van der Waals surface area contributed by atoms with Crippen LogP contribution in [-0.2, 0) is 9.84 Å². The molecule has 0 bridgehead atoms. The number of aromatic nitrogens is 5. The molecule has 4 heterocycles. The van der Waals surface area contributed by atoms with Crippen molar-refractivity contribution in [3.8, 4) is 11.8 Å². The monoisotopic (exact) mass is 497 g/mol. The lowest BCUT2D eigenvalue weighted by atomic mass is 10.2. The van der Waals surface area contributed by atoms with Crippen LogP contribution in [0.15, 0.2) is 36.4 Å². The van der Waals surface area contributed by atoms with Crippen molar-refractivity contribution in [2.45, 2.75) is 13.8 Å². The van der Waals surface area contributed by atoms with E-state index < -0.39 is 15.7 Å². The number of nitrogens with one attached hydrogen (secondary N) is 3. The van der Waals surface area contributed by atoms with Crippen LogP contribution >= 0.6 is 0 Å². The Morgan fingerprint density at radius 3 is 2.71 bits per heavy atom. The summed E-state index contributed by atoms with van der Waals surface area (Å²) in [5.74, 6) is 0.871. The molecular weight excluding hydrogens is 473 g/mol. The average molecular weight is 498 g/mol. The van der Waals surface area contributed by atoms with Crippen LogP contribution in [-0.4, -0.2) is 58.2 Å². The normalized spacial score (nSPS) is 15.7. The molecule has 0 spiro atoms. The number of nitrogens with zero attached hydrogens (tertiary/aromatic N) is 4. The molecule has 3 N–H and O–H groups in total. The van der Waals surface area contributed by atoms with E-state index in [0.29, 0.717) is 28.4 Å². The van der Waals surface area contributed by atoms with E-state index in [2.05, 4.69) is 30.5 Å². The van der Waals surface area contributed by atoms with Gasteiger partial charge in [-0.05, 0) is 38.1 Å². The van der Waals surface area contributed by atoms with Gasteiger partial charge in [0.25, 0.3) is 0 Å². The van der Waals surface area contributed by atoms with Crippen LogP contribution in [0, 0.1) is 12.7 Å². The summed E-state index contributed by atoms with van der Waals surface area (Å²) in [7, 11) is -3.07. The first-order chi connectivity index (χ1) is 16.8. The van der Waals surface area contributed by atoms with Crippen molar-refractivity contribution in [1.29, 1.82) is 0 Å². The standard InChI is InChI=1S/C23H24FN7O3S/c1-3-4-15-12-20(30-29-15)26-19-13-21(31-7-9-35(32,33)10-8-31)28-23(27-19)34-18-6-5-17-16(22(18)24)11-14(2)25-17/h3-6,11-13,25H,7-10H2,1-2H3,(H2,26,27,28,29,30)/b4-3+. The number of allylic oxidation sites excluding steroid dienone is 1. The van der Waals surface area contributed by atoms with Gasteiger partial charge in [-0.15, -0.1) is 0 Å². The van der Waals surface area contributed by atoms with Crippen molar-refractivity contribution < 1.29 is 17.5 Å². The van der Waals surface area contributed by atoms with E-state index in [1.165, 1.54) is 6.07 Å². The molecule has 10 nitrogen and oxygen atoms in total. The third-order valence-electron chi connectivity index (χ3n) is 5.60. The van der Waals surface area contributed by atoms with Gasteiger partial charge < -0.3 is 19.9 Å². The summed E-state index contributed by atoms with van der Waals surface area (Å²) in [4.78, 5) is 13.8. The number of hydrogen-bond acceptors (Lipinski definition) is 8. The highest BCUT2D eigenvalue weighted by molar-refractivity contribution is 7.91. The number of fused-ring (bicyclic) bond motifs is 1. The Kier molecular flexibility index (Phi) is 5.89. The summed E-state index contributed by atoms with van der Waals surface area (Å²) in [5.41, 5.74) is 2.30. The number of rotatable bonds is 6. The predicted octanol–water partition coefficient (Wildman–Crippen LogP) is 3.93. The summed E-state index contributed by atoms with van der Waals surface area (Å²) < 4.78 is 44.7. The molecule has 3 aromatic heterocycles. The Morgan fingerprint density at radius 1 is 1.14 bits per heavy atom. The van der Waals surface area contributed by atoms with E-state index in [1.807, 2.05) is 30.9 Å². The first-order valence-corrected chi connectivity index (χ1v) is 12.9. The minimum atomic E-state index is -3.07. The molecule has 0 aliphatic carbocycles. The van der Waals surface area contributed by atoms with Crippen molar-refractivity contribution in [3.05, 3.63) is 53.6 Å². The Balaban J connectivity index is 1.49. The zero-order valence-corrected chi connectivity index (χ0v) is 20.0. The highest BCUT2D eigenvalue weighted by Gasteiger charge is 2.24. The lowest BCUT2D eigenvalue weighted by Crippen LogP contribution is -2.40. The van der Waals surface area contributed by atoms with Gasteiger partial charge in [0, 0.05) is 41.8 Å². The number of halogens is 1. The fourth-order valence-electron chi connectivity index (χ4n) is 3.89. The molecule has 1 aliphatic rings. The van der Waals surface area contributed by atoms with Crippen LogP contribution in [0.3, 0.4) is 0 Å². The molecule has 1 aromatic carbocycles. The maximum atomic E-state index is 15.1. The van der Waals surface area contributed by atoms with Gasteiger partial charge >= 0.3 is 6.01 Å². The molecule has 4 aromatic rings. The smallest absolute Gasteiger partial charge is 0.326 e. The molecule has 0 saturated carbocycles. The van der Waals surface area contributed by atoms with Crippen LogP contribution in [0.2, 0.25) is 0 Å². The summed E-state index contributed by atoms with van der Waals surface area (Å²) >= 11 is 0. The van der Waals surface area contributed by atoms with E-state index in [-0.39, 0.29) is 36.4 Å². The molecule has 0 radical (unpaired) electrons. The minimum Gasteiger partial charge on any atom is -0.421 e. The lowest BCUT2D eigenvalue weighted by molar-refractivity contribution is 0.414. The van der Waals surface area contributed by atoms with E-state index in [9.17, 15) is 8.42 Å². The fourth-order valence-corrected chi connectivity index (χ4v) is 5.09. The lowest BCUT2D eigenvalue weighted by Gasteiger charge is -2.28. The largest absolute Gasteiger partial charge is 0.421 e. The first kappa shape index (κ1) is 22.8. The Bertz CT molecular complexity index is 1510. The Morgan fingerprint density at radius 2 is 1.94 bits per heavy atom. The second-order valence-electron chi connectivity index (χ2n) is 8.26. The molecule has 0 amide bonds. The number of H-pyrrole nitrogens is 2. The van der Waals surface area contributed by atoms with Crippen LogP contribution in [0.25, 0.3) is 17.0 Å². The Hall–Kier alpha value is -3.93. The quantitative estimate of drug-likeness (QED) is 0.365. The van der Waals surface area contributed by atoms with Gasteiger partial charge in [-0.3, -0.25) is 5.10 Å². The van der Waals surface area contributed by atoms with Crippen molar-refractivity contribution >= 4 is 44.3 Å². The van der Waals surface area contributed by atoms with E-state index in [1.54, 1.807) is 24.3 Å². The number of ether oxygens (including phenoxy) is 1. The molecule has 1 fully saturated rings. The molecular formula is C23H24FN7O3S. The second kappa shape index (κ2) is 9.02. The van der Waals surface area contributed by atoms with E-state index >= 15 is 4.39 Å². The number of sulfone groups is 1. The van der Waals surface area contributed by atoms with Crippen LogP contribution < -0.4 is 15.0 Å². The zero-order chi connectivity index (χ0) is 24.6. The van der Waals surface area contributed by atoms with Crippen molar-refractivity contribution in [2.75, 3.05) is 34.8 Å². The first-order valence-electron chi connectivity index (χ1n) is 11.0. The van der Waals surface area contributed by atoms with Crippen LogP contribution in [0.5, 0.6) is 11.8 Å². The van der Waals surface area contributed by atoms with Gasteiger partial charge in [-0.2, -0.15) is 15.1 Å². The van der Waals surface area contributed by atoms with E-state index in [0.717, 1.165) is 11.4 Å². The molecule has 182 valence electrons. The topological polar surface area (TPSA) is 129 Å². The molecule has 0 atom stereocenters. The van der Waals surface area contributed by atoms with Crippen molar-refractivity contribution in [3.63, 3.8) is 0 Å². The van der Waals surface area contributed by atoms with Crippen molar-refractivity contribution in [2.24, 2.45) is 0 Å². The minimum absolute atomic E-state index is 0.0176. The highest BCUT2D eigenvalue weighted by atomic mass is 32.2. The maximum absolute atomic E-state index is 15.1. The van der Waals surface area contributed by atoms with Gasteiger partial charge in [-0.1, -0.05) is 6.08 Å². The molecule has 5 rings (SSSR count). The predicted molar refractivity (Wildman–Crippen MR) is 133 cm³/mol. The Labute approximate surface area is 201 Å². The number of benzene rings is 1. The summed E-state index contributed by atoms with van der Waals surface area (Å²) in [5, 5.41) is 10.6. The summed E-state index contributed by atoms with van der Waals surface area (Å²) in [6, 6.07) is 8.36. The van der Waals surface area contributed by atoms with Gasteiger partial charge in [-0.25, -0.2) is 12.8 Å². The zero-order valence-electron chi connectivity index (χ0n) is 19.2. The summed E-state index contributed by atoms with van der Waals surface area (Å²) in [6.07, 6.45) is 3.75. The fraction of sp³-hybridized carbons (Fsp3) is 0.261. The third-order valence-corrected chi connectivity index (χ3v) is 7.21. The van der Waals surface area contributed by atoms with Gasteiger partial charge in [0.15, 0.2) is 27.2 Å². The van der Waals surface area contributed by atoms with Gasteiger partial charge in [0.1, 0.15) is 11.6 Å². The number of hydrogen-bond donors (Lipinski definition) is 3. The molecule has 1 saturated heterocycles. The number of aryl methyl sites for hydroxylation is 1. The average Bonchev–Trinajstić information content (AvgIpc) is 3.42. The molecule has 35 heavy (non-hydrogen) atoms. The third kappa shape index (κ3) is 4.97. The molecule has 0 unspecified atom stereocenters. The van der Waals surface area contributed by atoms with E-state index in [4.69, 9.17) is 4.74 Å². The molecule has 12 heteroatoms. The van der Waals surface area contributed by atoms with Crippen LogP contribution in [0.1, 0.15) is 18.3 Å².